The number of carbonyl (C=O) groups is 1. The maximum absolute atomic E-state index is 16.1. The van der Waals surface area contributed by atoms with Gasteiger partial charge in [-0.05, 0) is 43.2 Å². The molecule has 1 atom stereocenters. The van der Waals surface area contributed by atoms with E-state index in [2.05, 4.69) is 21.9 Å². The summed E-state index contributed by atoms with van der Waals surface area (Å²) in [7, 11) is 0. The first-order valence-corrected chi connectivity index (χ1v) is 15.1. The van der Waals surface area contributed by atoms with E-state index in [1.54, 1.807) is 23.2 Å². The van der Waals surface area contributed by atoms with Crippen LogP contribution in [0.25, 0.3) is 28.0 Å². The SMILES string of the molecule is C=CC(=O)N1CCN(c2nc(=O)n3c4nc(c(F)cc24)-c2c(F)cccc2NCCSc2ccnc(C(C)C)c2-3)[C@@H](C)C1. The van der Waals surface area contributed by atoms with Crippen LogP contribution in [0.1, 0.15) is 32.4 Å². The van der Waals surface area contributed by atoms with Crippen LogP contribution in [0, 0.1) is 11.6 Å². The van der Waals surface area contributed by atoms with E-state index in [1.165, 1.54) is 34.5 Å². The van der Waals surface area contributed by atoms with Crippen molar-refractivity contribution >= 4 is 40.2 Å². The Labute approximate surface area is 251 Å². The number of amides is 1. The highest BCUT2D eigenvalue weighted by molar-refractivity contribution is 7.99. The summed E-state index contributed by atoms with van der Waals surface area (Å²) in [5, 5.41) is 3.54. The molecule has 4 aromatic rings. The normalized spacial score (nSPS) is 16.7. The number of carbonyl (C=O) groups excluding carboxylic acids is 1. The van der Waals surface area contributed by atoms with Crippen molar-refractivity contribution in [3.05, 3.63) is 77.0 Å². The largest absolute Gasteiger partial charge is 0.384 e. The summed E-state index contributed by atoms with van der Waals surface area (Å²) in [5.41, 5.74) is 0.926. The summed E-state index contributed by atoms with van der Waals surface area (Å²) in [6.45, 7) is 11.0. The number of rotatable bonds is 3. The van der Waals surface area contributed by atoms with Gasteiger partial charge in [-0.15, -0.1) is 11.8 Å². The number of benzene rings is 1. The molecule has 2 bridgehead atoms. The van der Waals surface area contributed by atoms with Crippen molar-refractivity contribution in [3.63, 3.8) is 0 Å². The van der Waals surface area contributed by atoms with Crippen molar-refractivity contribution in [2.75, 3.05) is 42.1 Å². The van der Waals surface area contributed by atoms with Crippen LogP contribution in [0.3, 0.4) is 0 Å². The quantitative estimate of drug-likeness (QED) is 0.328. The molecule has 1 N–H and O–H groups in total. The van der Waals surface area contributed by atoms with Gasteiger partial charge in [0.25, 0.3) is 0 Å². The first-order chi connectivity index (χ1) is 20.7. The van der Waals surface area contributed by atoms with E-state index >= 15 is 8.78 Å². The van der Waals surface area contributed by atoms with E-state index < -0.39 is 17.3 Å². The number of piperazine rings is 1. The monoisotopic (exact) mass is 603 g/mol. The molecule has 0 aliphatic carbocycles. The lowest BCUT2D eigenvalue weighted by atomic mass is 10.1. The number of pyridine rings is 2. The van der Waals surface area contributed by atoms with Crippen LogP contribution in [0.15, 0.2) is 58.9 Å². The lowest BCUT2D eigenvalue weighted by Gasteiger charge is -2.40. The van der Waals surface area contributed by atoms with Gasteiger partial charge in [-0.25, -0.2) is 23.1 Å². The Kier molecular flexibility index (Phi) is 7.63. The predicted molar refractivity (Wildman–Crippen MR) is 165 cm³/mol. The van der Waals surface area contributed by atoms with E-state index in [0.717, 1.165) is 4.90 Å². The second-order valence-electron chi connectivity index (χ2n) is 10.9. The van der Waals surface area contributed by atoms with Crippen LogP contribution in [-0.4, -0.2) is 68.3 Å². The molecule has 1 amide bonds. The third-order valence-corrected chi connectivity index (χ3v) is 8.85. The molecule has 1 saturated heterocycles. The highest BCUT2D eigenvalue weighted by Gasteiger charge is 2.31. The van der Waals surface area contributed by atoms with Crippen molar-refractivity contribution in [1.82, 2.24) is 24.4 Å². The number of hydrogen-bond donors (Lipinski definition) is 1. The maximum Gasteiger partial charge on any atom is 0.355 e. The fourth-order valence-electron chi connectivity index (χ4n) is 5.78. The molecule has 2 aliphatic heterocycles. The Bertz CT molecular complexity index is 1830. The molecule has 3 aromatic heterocycles. The van der Waals surface area contributed by atoms with Crippen LogP contribution < -0.4 is 15.9 Å². The fourth-order valence-corrected chi connectivity index (χ4v) is 6.69. The van der Waals surface area contributed by atoms with E-state index in [0.29, 0.717) is 54.4 Å². The molecule has 1 aromatic carbocycles. The van der Waals surface area contributed by atoms with Gasteiger partial charge in [0.2, 0.25) is 5.91 Å². The Morgan fingerprint density at radius 3 is 2.74 bits per heavy atom. The summed E-state index contributed by atoms with van der Waals surface area (Å²) < 4.78 is 32.9. The first kappa shape index (κ1) is 28.8. The minimum atomic E-state index is -0.746. The summed E-state index contributed by atoms with van der Waals surface area (Å²) >= 11 is 1.53. The van der Waals surface area contributed by atoms with E-state index in [4.69, 9.17) is 4.98 Å². The molecule has 2 aliphatic rings. The molecule has 0 spiro atoms. The van der Waals surface area contributed by atoms with E-state index in [-0.39, 0.29) is 40.6 Å². The number of aromatic nitrogens is 4. The molecule has 0 saturated carbocycles. The Morgan fingerprint density at radius 2 is 2.00 bits per heavy atom. The summed E-state index contributed by atoms with van der Waals surface area (Å²) in [4.78, 5) is 44.6. The average Bonchev–Trinajstić information content (AvgIpc) is 2.98. The van der Waals surface area contributed by atoms with Gasteiger partial charge < -0.3 is 15.1 Å². The molecule has 5 heterocycles. The number of hydrogen-bond acceptors (Lipinski definition) is 8. The van der Waals surface area contributed by atoms with Crippen molar-refractivity contribution in [2.45, 2.75) is 37.6 Å². The van der Waals surface area contributed by atoms with E-state index in [1.807, 2.05) is 31.7 Å². The van der Waals surface area contributed by atoms with Crippen molar-refractivity contribution in [3.8, 4) is 16.9 Å². The second kappa shape index (κ2) is 11.4. The number of anilines is 2. The van der Waals surface area contributed by atoms with Crippen LogP contribution >= 0.6 is 11.8 Å². The van der Waals surface area contributed by atoms with Crippen LogP contribution in [0.2, 0.25) is 0 Å². The number of thioether (sulfide) groups is 1. The molecular weight excluding hydrogens is 572 g/mol. The molecule has 0 unspecified atom stereocenters. The van der Waals surface area contributed by atoms with Crippen molar-refractivity contribution < 1.29 is 13.6 Å². The van der Waals surface area contributed by atoms with Gasteiger partial charge >= 0.3 is 5.69 Å². The zero-order valence-electron chi connectivity index (χ0n) is 24.1. The topological polar surface area (TPSA) is 96.3 Å². The Hall–Kier alpha value is -4.32. The fraction of sp³-hybridized carbons (Fsp3) is 0.323. The third kappa shape index (κ3) is 5.03. The van der Waals surface area contributed by atoms with Crippen molar-refractivity contribution in [2.24, 2.45) is 0 Å². The van der Waals surface area contributed by atoms with Gasteiger partial charge in [-0.2, -0.15) is 4.98 Å². The molecule has 9 nitrogen and oxygen atoms in total. The highest BCUT2D eigenvalue weighted by Crippen LogP contribution is 2.38. The number of nitrogens with zero attached hydrogens (tertiary/aromatic N) is 6. The first-order valence-electron chi connectivity index (χ1n) is 14.2. The van der Waals surface area contributed by atoms with Gasteiger partial charge in [0.05, 0.1) is 22.3 Å². The smallest absolute Gasteiger partial charge is 0.355 e. The number of halogens is 2. The van der Waals surface area contributed by atoms with Crippen LogP contribution in [0.4, 0.5) is 20.3 Å². The predicted octanol–water partition coefficient (Wildman–Crippen LogP) is 4.99. The molecule has 12 heteroatoms. The van der Waals surface area contributed by atoms with E-state index in [9.17, 15) is 9.59 Å². The van der Waals surface area contributed by atoms with Crippen LogP contribution in [0.5, 0.6) is 0 Å². The molecule has 1 fully saturated rings. The van der Waals surface area contributed by atoms with Crippen molar-refractivity contribution in [1.29, 1.82) is 0 Å². The standard InChI is InChI=1S/C31H31F2N7O2S/c1-5-24(41)38-12-13-39(18(4)16-38)29-19-15-21(33)27-25-20(32)7-6-8-22(25)34-11-14-43-23-9-10-35-26(17(2)3)28(23)40(30(19)36-27)31(42)37-29/h5-10,15,17-18,34H,1,11-14,16H2,2-4H3/t18-/m0/s1. The van der Waals surface area contributed by atoms with Gasteiger partial charge in [0.15, 0.2) is 11.5 Å². The van der Waals surface area contributed by atoms with Gasteiger partial charge in [-0.3, -0.25) is 9.78 Å². The van der Waals surface area contributed by atoms with Gasteiger partial charge in [-0.1, -0.05) is 26.5 Å². The minimum absolute atomic E-state index is 0.00903. The third-order valence-electron chi connectivity index (χ3n) is 7.80. The van der Waals surface area contributed by atoms with Crippen LogP contribution in [-0.2, 0) is 4.79 Å². The highest BCUT2D eigenvalue weighted by atomic mass is 32.2. The Balaban J connectivity index is 1.68. The number of fused-ring (bicyclic) bond motifs is 5. The zero-order chi connectivity index (χ0) is 30.4. The lowest BCUT2D eigenvalue weighted by Crippen LogP contribution is -2.54. The zero-order valence-corrected chi connectivity index (χ0v) is 24.9. The summed E-state index contributed by atoms with van der Waals surface area (Å²) in [5.74, 6) is -0.777. The Morgan fingerprint density at radius 1 is 1.19 bits per heavy atom. The molecule has 43 heavy (non-hydrogen) atoms. The minimum Gasteiger partial charge on any atom is -0.384 e. The molecular formula is C31H31F2N7O2S. The lowest BCUT2D eigenvalue weighted by molar-refractivity contribution is -0.126. The molecule has 0 radical (unpaired) electrons. The average molecular weight is 604 g/mol. The summed E-state index contributed by atoms with van der Waals surface area (Å²) in [6.07, 6.45) is 2.99. The van der Waals surface area contributed by atoms with Gasteiger partial charge in [0.1, 0.15) is 17.3 Å². The molecule has 222 valence electrons. The second-order valence-corrected chi connectivity index (χ2v) is 12.0. The summed E-state index contributed by atoms with van der Waals surface area (Å²) in [6, 6.07) is 7.40. The van der Waals surface area contributed by atoms with Gasteiger partial charge in [0, 0.05) is 54.8 Å². The maximum atomic E-state index is 16.1. The molecule has 6 rings (SSSR count). The number of nitrogens with one attached hydrogen (secondary N) is 1.